The van der Waals surface area contributed by atoms with Gasteiger partial charge in [0.2, 0.25) is 0 Å². The quantitative estimate of drug-likeness (QED) is 0.263. The van der Waals surface area contributed by atoms with Crippen molar-refractivity contribution in [1.82, 2.24) is 39.1 Å². The summed E-state index contributed by atoms with van der Waals surface area (Å²) >= 11 is 0. The number of benzene rings is 1. The highest BCUT2D eigenvalue weighted by Gasteiger charge is 2.32. The molecular formula is C28H29F2N9O4. The number of alkyl halides is 2. The Hall–Kier alpha value is -4.89. The standard InChI is InChI=1S/C28H29F2N9O4/c1-36-9-3-7-28(41,16-36)17-38-14-19(12-32-38)42-18-5-6-23(43-27(29)30)20(11-18)24-22(15-37(2)35-24)34-26(40)21-13-33-39-10-4-8-31-25(21)39/h4-6,8,10-15,27,41H,3,7,9,16-17H2,1-2H3,(H,34,40). The number of hydrogen-bond acceptors (Lipinski definition) is 9. The van der Waals surface area contributed by atoms with Crippen molar-refractivity contribution in [2.75, 3.05) is 25.5 Å². The van der Waals surface area contributed by atoms with E-state index in [0.29, 0.717) is 36.7 Å². The number of ether oxygens (including phenoxy) is 2. The molecule has 0 saturated carbocycles. The number of fused-ring (bicyclic) bond motifs is 1. The number of halogens is 2. The third-order valence-corrected chi connectivity index (χ3v) is 7.07. The van der Waals surface area contributed by atoms with Gasteiger partial charge in [-0.1, -0.05) is 0 Å². The molecule has 2 N–H and O–H groups in total. The number of β-amino-alcohol motifs (C(OH)–C–C–N with tert-alkyl or cyclic N) is 1. The van der Waals surface area contributed by atoms with E-state index in [1.807, 2.05) is 7.05 Å². The lowest BCUT2D eigenvalue weighted by molar-refractivity contribution is -0.0495. The largest absolute Gasteiger partial charge is 0.454 e. The summed E-state index contributed by atoms with van der Waals surface area (Å²) < 4.78 is 42.0. The van der Waals surface area contributed by atoms with Gasteiger partial charge < -0.3 is 24.8 Å². The summed E-state index contributed by atoms with van der Waals surface area (Å²) in [7, 11) is 3.60. The fourth-order valence-corrected chi connectivity index (χ4v) is 5.30. The number of likely N-dealkylation sites (N-methyl/N-ethyl adjacent to an activating group) is 1. The Kier molecular flexibility index (Phi) is 7.50. The number of nitrogens with zero attached hydrogens (tertiary/aromatic N) is 8. The zero-order valence-electron chi connectivity index (χ0n) is 23.4. The third-order valence-electron chi connectivity index (χ3n) is 7.07. The fraction of sp³-hybridized carbons (Fsp3) is 0.321. The molecule has 0 bridgehead atoms. The second-order valence-corrected chi connectivity index (χ2v) is 10.5. The molecule has 5 aromatic rings. The van der Waals surface area contributed by atoms with Crippen LogP contribution in [0.5, 0.6) is 17.2 Å². The molecule has 5 heterocycles. The number of aromatic nitrogens is 7. The van der Waals surface area contributed by atoms with Crippen LogP contribution in [0.3, 0.4) is 0 Å². The lowest BCUT2D eigenvalue weighted by Crippen LogP contribution is -2.49. The Morgan fingerprint density at radius 1 is 1.19 bits per heavy atom. The predicted octanol–water partition coefficient (Wildman–Crippen LogP) is 3.43. The zero-order chi connectivity index (χ0) is 30.1. The van der Waals surface area contributed by atoms with Gasteiger partial charge >= 0.3 is 6.61 Å². The van der Waals surface area contributed by atoms with E-state index in [1.165, 1.54) is 39.8 Å². The molecule has 1 fully saturated rings. The molecule has 4 aromatic heterocycles. The van der Waals surface area contributed by atoms with Crippen LogP contribution in [0.15, 0.2) is 61.4 Å². The first kappa shape index (κ1) is 28.2. The summed E-state index contributed by atoms with van der Waals surface area (Å²) in [6.07, 6.45) is 10.9. The number of nitrogens with one attached hydrogen (secondary N) is 1. The SMILES string of the molecule is CN1CCCC(O)(Cn2cc(Oc3ccc(OC(F)F)c(-c4nn(C)cc4NC(=O)c4cnn5cccnc45)c3)cn2)C1. The van der Waals surface area contributed by atoms with Crippen molar-refractivity contribution in [2.24, 2.45) is 7.05 Å². The van der Waals surface area contributed by atoms with Gasteiger partial charge in [0.25, 0.3) is 5.91 Å². The summed E-state index contributed by atoms with van der Waals surface area (Å²) in [5.74, 6) is 0.0110. The number of carbonyl (C=O) groups is 1. The number of anilines is 1. The Morgan fingerprint density at radius 3 is 2.86 bits per heavy atom. The Balaban J connectivity index is 1.27. The average molecular weight is 594 g/mol. The highest BCUT2D eigenvalue weighted by molar-refractivity contribution is 6.09. The smallest absolute Gasteiger partial charge is 0.387 e. The van der Waals surface area contributed by atoms with Crippen LogP contribution < -0.4 is 14.8 Å². The summed E-state index contributed by atoms with van der Waals surface area (Å²) in [4.78, 5) is 19.5. The van der Waals surface area contributed by atoms with E-state index < -0.39 is 18.1 Å². The molecule has 15 heteroatoms. The van der Waals surface area contributed by atoms with Crippen LogP contribution in [0.1, 0.15) is 23.2 Å². The third kappa shape index (κ3) is 6.17. The second kappa shape index (κ2) is 11.4. The van der Waals surface area contributed by atoms with Crippen LogP contribution in [-0.4, -0.2) is 82.4 Å². The van der Waals surface area contributed by atoms with Gasteiger partial charge in [-0.15, -0.1) is 0 Å². The molecule has 1 atom stereocenters. The van der Waals surface area contributed by atoms with Gasteiger partial charge in [0.05, 0.1) is 42.0 Å². The van der Waals surface area contributed by atoms with Crippen molar-refractivity contribution in [1.29, 1.82) is 0 Å². The minimum Gasteiger partial charge on any atom is -0.454 e. The van der Waals surface area contributed by atoms with E-state index in [4.69, 9.17) is 9.47 Å². The first-order valence-electron chi connectivity index (χ1n) is 13.5. The Morgan fingerprint density at radius 2 is 2.05 bits per heavy atom. The van der Waals surface area contributed by atoms with E-state index in [9.17, 15) is 18.7 Å². The summed E-state index contributed by atoms with van der Waals surface area (Å²) in [6, 6.07) is 6.00. The summed E-state index contributed by atoms with van der Waals surface area (Å²) in [6.45, 7) is -1.33. The van der Waals surface area contributed by atoms with Crippen molar-refractivity contribution in [3.8, 4) is 28.5 Å². The molecule has 0 radical (unpaired) electrons. The van der Waals surface area contributed by atoms with Crippen LogP contribution in [0.4, 0.5) is 14.5 Å². The van der Waals surface area contributed by atoms with E-state index >= 15 is 0 Å². The molecule has 0 spiro atoms. The normalized spacial score (nSPS) is 17.4. The molecule has 1 saturated heterocycles. The lowest BCUT2D eigenvalue weighted by Gasteiger charge is -2.37. The van der Waals surface area contributed by atoms with E-state index in [-0.39, 0.29) is 28.3 Å². The maximum atomic E-state index is 13.4. The van der Waals surface area contributed by atoms with E-state index in [2.05, 4.69) is 30.5 Å². The van der Waals surface area contributed by atoms with Crippen molar-refractivity contribution >= 4 is 17.2 Å². The highest BCUT2D eigenvalue weighted by Crippen LogP contribution is 2.39. The van der Waals surface area contributed by atoms with Crippen LogP contribution in [-0.2, 0) is 13.6 Å². The molecule has 1 aromatic carbocycles. The van der Waals surface area contributed by atoms with Crippen LogP contribution in [0.2, 0.25) is 0 Å². The second-order valence-electron chi connectivity index (χ2n) is 10.5. The minimum absolute atomic E-state index is 0.159. The van der Waals surface area contributed by atoms with Crippen molar-refractivity contribution in [3.05, 3.63) is 67.0 Å². The first-order chi connectivity index (χ1) is 20.7. The van der Waals surface area contributed by atoms with Gasteiger partial charge in [-0.25, -0.2) is 9.50 Å². The van der Waals surface area contributed by atoms with Crippen LogP contribution >= 0.6 is 0 Å². The van der Waals surface area contributed by atoms with Gasteiger partial charge in [0.1, 0.15) is 22.8 Å². The molecule has 0 aliphatic carbocycles. The Bertz CT molecular complexity index is 1770. The highest BCUT2D eigenvalue weighted by atomic mass is 19.3. The number of amides is 1. The van der Waals surface area contributed by atoms with Crippen molar-refractivity contribution in [3.63, 3.8) is 0 Å². The van der Waals surface area contributed by atoms with Crippen molar-refractivity contribution in [2.45, 2.75) is 31.6 Å². The number of hydrogen-bond donors (Lipinski definition) is 2. The van der Waals surface area contributed by atoms with E-state index in [0.717, 1.165) is 13.0 Å². The molecule has 1 unspecified atom stereocenters. The fourth-order valence-electron chi connectivity index (χ4n) is 5.30. The molecule has 224 valence electrons. The molecule has 1 aliphatic heterocycles. The van der Waals surface area contributed by atoms with E-state index in [1.54, 1.807) is 42.6 Å². The van der Waals surface area contributed by atoms with Gasteiger partial charge in [0, 0.05) is 32.2 Å². The monoisotopic (exact) mass is 593 g/mol. The topological polar surface area (TPSA) is 137 Å². The molecule has 6 rings (SSSR count). The first-order valence-corrected chi connectivity index (χ1v) is 13.5. The summed E-state index contributed by atoms with van der Waals surface area (Å²) in [5.41, 5.74) is 0.262. The summed E-state index contributed by atoms with van der Waals surface area (Å²) in [5, 5.41) is 26.7. The maximum Gasteiger partial charge on any atom is 0.387 e. The minimum atomic E-state index is -3.10. The van der Waals surface area contributed by atoms with Crippen LogP contribution in [0, 0.1) is 0 Å². The maximum absolute atomic E-state index is 13.4. The molecule has 1 aliphatic rings. The number of carbonyl (C=O) groups excluding carboxylic acids is 1. The number of likely N-dealkylation sites (tertiary alicyclic amines) is 1. The molecule has 43 heavy (non-hydrogen) atoms. The average Bonchev–Trinajstić information content (AvgIpc) is 3.67. The molecule has 1 amide bonds. The number of aryl methyl sites for hydroxylation is 1. The molecular weight excluding hydrogens is 564 g/mol. The number of piperidine rings is 1. The zero-order valence-corrected chi connectivity index (χ0v) is 23.4. The van der Waals surface area contributed by atoms with Crippen LogP contribution in [0.25, 0.3) is 16.9 Å². The predicted molar refractivity (Wildman–Crippen MR) is 150 cm³/mol. The van der Waals surface area contributed by atoms with Gasteiger partial charge in [0.15, 0.2) is 11.4 Å². The van der Waals surface area contributed by atoms with Gasteiger partial charge in [-0.05, 0) is 50.7 Å². The van der Waals surface area contributed by atoms with Gasteiger partial charge in [-0.2, -0.15) is 24.1 Å². The lowest BCUT2D eigenvalue weighted by atomic mass is 9.93. The molecule has 13 nitrogen and oxygen atoms in total. The van der Waals surface area contributed by atoms with Crippen molar-refractivity contribution < 1.29 is 28.2 Å². The number of aliphatic hydroxyl groups is 1. The number of rotatable bonds is 9. The van der Waals surface area contributed by atoms with Gasteiger partial charge in [-0.3, -0.25) is 14.2 Å². The Labute approximate surface area is 244 Å².